The van der Waals surface area contributed by atoms with Gasteiger partial charge in [-0.3, -0.25) is 4.57 Å². The summed E-state index contributed by atoms with van der Waals surface area (Å²) in [6, 6.07) is 1.82. The lowest BCUT2D eigenvalue weighted by atomic mass is 10.2. The summed E-state index contributed by atoms with van der Waals surface area (Å²) in [4.78, 5) is 8.21. The molecule has 0 radical (unpaired) electrons. The molecule has 14 heavy (non-hydrogen) atoms. The third kappa shape index (κ3) is 0.992. The van der Waals surface area contributed by atoms with E-state index in [0.717, 1.165) is 16.7 Å². The number of rotatable bonds is 1. The lowest BCUT2D eigenvalue weighted by Crippen LogP contribution is -1.96. The first kappa shape index (κ1) is 7.76. The Balaban J connectivity index is 2.29. The Labute approximate surface area is 85.3 Å². The van der Waals surface area contributed by atoms with Crippen molar-refractivity contribution in [1.82, 2.24) is 14.5 Å². The zero-order valence-electron chi connectivity index (χ0n) is 7.18. The molecular weight excluding hydrogens is 198 g/mol. The third-order valence-electron chi connectivity index (χ3n) is 2.21. The number of imidazole rings is 1. The monoisotopic (exact) mass is 203 g/mol. The first-order valence-corrected chi connectivity index (χ1v) is 4.60. The fourth-order valence-electron chi connectivity index (χ4n) is 1.44. The Morgan fingerprint density at radius 3 is 2.86 bits per heavy atom. The van der Waals surface area contributed by atoms with Crippen LogP contribution in [0.2, 0.25) is 5.15 Å². The van der Waals surface area contributed by atoms with E-state index in [0.29, 0.717) is 5.15 Å². The van der Waals surface area contributed by atoms with Crippen LogP contribution >= 0.6 is 11.6 Å². The maximum atomic E-state index is 5.82. The zero-order valence-corrected chi connectivity index (χ0v) is 7.94. The molecule has 3 nitrogen and oxygen atoms in total. The number of nitrogens with zero attached hydrogens (tertiary/aromatic N) is 3. The molecule has 0 atom stereocenters. The Kier molecular flexibility index (Phi) is 1.49. The average molecular weight is 204 g/mol. The molecule has 0 unspecified atom stereocenters. The predicted octanol–water partition coefficient (Wildman–Crippen LogP) is 2.50. The minimum absolute atomic E-state index is 0.489. The number of aromatic nitrogens is 3. The van der Waals surface area contributed by atoms with Gasteiger partial charge >= 0.3 is 0 Å². The molecule has 0 bridgehead atoms. The van der Waals surface area contributed by atoms with E-state index in [4.69, 9.17) is 11.6 Å². The van der Waals surface area contributed by atoms with Crippen molar-refractivity contribution in [3.8, 4) is 0 Å². The molecule has 0 N–H and O–H groups in total. The van der Waals surface area contributed by atoms with Crippen molar-refractivity contribution in [2.75, 3.05) is 0 Å². The van der Waals surface area contributed by atoms with Crippen molar-refractivity contribution in [2.24, 2.45) is 0 Å². The van der Waals surface area contributed by atoms with Crippen molar-refractivity contribution in [2.45, 2.75) is 0 Å². The number of halogens is 1. The molecule has 1 aliphatic rings. The SMILES string of the molecule is Clc1cc2c(cn1)ncn2C1=CC=C1. The zero-order chi connectivity index (χ0) is 9.54. The summed E-state index contributed by atoms with van der Waals surface area (Å²) < 4.78 is 1.99. The Morgan fingerprint density at radius 1 is 1.29 bits per heavy atom. The summed E-state index contributed by atoms with van der Waals surface area (Å²) in [6.07, 6.45) is 9.49. The van der Waals surface area contributed by atoms with E-state index in [2.05, 4.69) is 9.97 Å². The molecule has 2 heterocycles. The van der Waals surface area contributed by atoms with Crippen molar-refractivity contribution >= 4 is 28.3 Å². The molecule has 0 saturated heterocycles. The fraction of sp³-hybridized carbons (Fsp3) is 0. The Hall–Kier alpha value is -1.61. The van der Waals surface area contributed by atoms with Gasteiger partial charge in [-0.25, -0.2) is 9.97 Å². The number of pyridine rings is 1. The van der Waals surface area contributed by atoms with Crippen LogP contribution in [0.1, 0.15) is 0 Å². The van der Waals surface area contributed by atoms with E-state index in [1.54, 1.807) is 12.5 Å². The molecule has 68 valence electrons. The standard InChI is InChI=1S/C10H6ClN3/c11-10-4-9-8(5-12-10)13-6-14(9)7-2-1-3-7/h1-6H. The highest BCUT2D eigenvalue weighted by Gasteiger charge is 2.07. The van der Waals surface area contributed by atoms with Crippen LogP contribution < -0.4 is 0 Å². The maximum Gasteiger partial charge on any atom is 0.131 e. The Bertz CT molecular complexity index is 566. The molecule has 0 fully saturated rings. The second kappa shape index (κ2) is 2.69. The molecule has 3 rings (SSSR count). The number of hydrogen-bond donors (Lipinski definition) is 0. The van der Waals surface area contributed by atoms with Gasteiger partial charge in [0.25, 0.3) is 0 Å². The maximum absolute atomic E-state index is 5.82. The highest BCUT2D eigenvalue weighted by atomic mass is 35.5. The van der Waals surface area contributed by atoms with E-state index >= 15 is 0 Å². The number of hydrogen-bond acceptors (Lipinski definition) is 2. The Morgan fingerprint density at radius 2 is 2.14 bits per heavy atom. The smallest absolute Gasteiger partial charge is 0.131 e. The molecule has 2 aromatic heterocycles. The molecule has 0 aliphatic heterocycles. The van der Waals surface area contributed by atoms with E-state index in [1.165, 1.54) is 0 Å². The topological polar surface area (TPSA) is 30.7 Å². The summed E-state index contributed by atoms with van der Waals surface area (Å²) >= 11 is 5.82. The molecular formula is C10H6ClN3. The van der Waals surface area contributed by atoms with Crippen LogP contribution in [0.15, 0.2) is 36.8 Å². The van der Waals surface area contributed by atoms with Gasteiger partial charge in [-0.05, 0) is 12.2 Å². The van der Waals surface area contributed by atoms with E-state index in [1.807, 2.05) is 28.9 Å². The van der Waals surface area contributed by atoms with Crippen LogP contribution in [0.4, 0.5) is 0 Å². The average Bonchev–Trinajstić information content (AvgIpc) is 2.46. The molecule has 0 spiro atoms. The third-order valence-corrected chi connectivity index (χ3v) is 2.42. The van der Waals surface area contributed by atoms with Gasteiger partial charge in [-0.1, -0.05) is 17.7 Å². The first-order chi connectivity index (χ1) is 6.84. The molecule has 0 saturated carbocycles. The predicted molar refractivity (Wildman–Crippen MR) is 56.0 cm³/mol. The summed E-state index contributed by atoms with van der Waals surface area (Å²) in [7, 11) is 0. The lowest BCUT2D eigenvalue weighted by molar-refractivity contribution is 1.13. The highest BCUT2D eigenvalue weighted by Crippen LogP contribution is 2.22. The van der Waals surface area contributed by atoms with Crippen LogP contribution in [-0.4, -0.2) is 14.5 Å². The normalized spacial score (nSPS) is 14.2. The van der Waals surface area contributed by atoms with Crippen molar-refractivity contribution in [1.29, 1.82) is 0 Å². The minimum atomic E-state index is 0.489. The molecule has 4 heteroatoms. The van der Waals surface area contributed by atoms with Crippen LogP contribution in [0.5, 0.6) is 0 Å². The van der Waals surface area contributed by atoms with Crippen LogP contribution in [0.25, 0.3) is 16.7 Å². The second-order valence-corrected chi connectivity index (χ2v) is 3.45. The van der Waals surface area contributed by atoms with Gasteiger partial charge in [0.1, 0.15) is 17.0 Å². The van der Waals surface area contributed by atoms with E-state index in [-0.39, 0.29) is 0 Å². The minimum Gasteiger partial charge on any atom is -0.299 e. The quantitative estimate of drug-likeness (QED) is 0.667. The molecule has 0 aromatic carbocycles. The van der Waals surface area contributed by atoms with Crippen LogP contribution in [0, 0.1) is 0 Å². The molecule has 0 amide bonds. The summed E-state index contributed by atoms with van der Waals surface area (Å²) in [5.41, 5.74) is 2.96. The molecule has 1 aliphatic carbocycles. The van der Waals surface area contributed by atoms with Gasteiger partial charge < -0.3 is 0 Å². The summed E-state index contributed by atoms with van der Waals surface area (Å²) in [5.74, 6) is 0. The number of allylic oxidation sites excluding steroid dienone is 4. The van der Waals surface area contributed by atoms with Crippen molar-refractivity contribution in [3.63, 3.8) is 0 Å². The fourth-order valence-corrected chi connectivity index (χ4v) is 1.59. The highest BCUT2D eigenvalue weighted by molar-refractivity contribution is 6.30. The number of fused-ring (bicyclic) bond motifs is 1. The van der Waals surface area contributed by atoms with Gasteiger partial charge in [0.05, 0.1) is 11.7 Å². The van der Waals surface area contributed by atoms with Crippen LogP contribution in [0.3, 0.4) is 0 Å². The summed E-state index contributed by atoms with van der Waals surface area (Å²) in [5, 5.41) is 0.489. The van der Waals surface area contributed by atoms with Gasteiger partial charge in [0.2, 0.25) is 0 Å². The second-order valence-electron chi connectivity index (χ2n) is 3.06. The van der Waals surface area contributed by atoms with Gasteiger partial charge in [0.15, 0.2) is 0 Å². The largest absolute Gasteiger partial charge is 0.299 e. The van der Waals surface area contributed by atoms with Gasteiger partial charge in [0, 0.05) is 11.8 Å². The van der Waals surface area contributed by atoms with Crippen molar-refractivity contribution in [3.05, 3.63) is 42.0 Å². The lowest BCUT2D eigenvalue weighted by Gasteiger charge is -2.08. The summed E-state index contributed by atoms with van der Waals surface area (Å²) in [6.45, 7) is 0. The van der Waals surface area contributed by atoms with Crippen molar-refractivity contribution < 1.29 is 0 Å². The van der Waals surface area contributed by atoms with Crippen LogP contribution in [-0.2, 0) is 0 Å². The van der Waals surface area contributed by atoms with E-state index in [9.17, 15) is 0 Å². The van der Waals surface area contributed by atoms with E-state index < -0.39 is 0 Å². The van der Waals surface area contributed by atoms with Gasteiger partial charge in [-0.2, -0.15) is 0 Å². The van der Waals surface area contributed by atoms with Gasteiger partial charge in [-0.15, -0.1) is 0 Å². The molecule has 2 aromatic rings. The first-order valence-electron chi connectivity index (χ1n) is 4.22.